The monoisotopic (exact) mass is 450 g/mol. The number of esters is 1. The molecule has 0 aromatic heterocycles. The summed E-state index contributed by atoms with van der Waals surface area (Å²) in [6.45, 7) is 4.82. The molecule has 0 saturated heterocycles. The van der Waals surface area contributed by atoms with Gasteiger partial charge in [-0.1, -0.05) is 104 Å². The van der Waals surface area contributed by atoms with E-state index >= 15 is 0 Å². The quantitative estimate of drug-likeness (QED) is 0.248. The number of carbonyl (C=O) groups is 1. The topological polar surface area (TPSA) is 44.8 Å². The van der Waals surface area contributed by atoms with Crippen LogP contribution in [0.2, 0.25) is 0 Å². The van der Waals surface area contributed by atoms with E-state index in [1.165, 1.54) is 0 Å². The molecule has 0 heterocycles. The van der Waals surface area contributed by atoms with Crippen LogP contribution in [0.3, 0.4) is 0 Å². The van der Waals surface area contributed by atoms with E-state index in [1.54, 1.807) is 18.2 Å². The average molecular weight is 451 g/mol. The first-order valence-electron chi connectivity index (χ1n) is 11.1. The van der Waals surface area contributed by atoms with Gasteiger partial charge in [0, 0.05) is 0 Å². The molecule has 0 amide bonds. The van der Waals surface area contributed by atoms with Crippen molar-refractivity contribution in [2.75, 3.05) is 0 Å². The zero-order chi connectivity index (χ0) is 23.6. The Bertz CT molecular complexity index is 1150. The van der Waals surface area contributed by atoms with E-state index in [4.69, 9.17) is 14.2 Å². The summed E-state index contributed by atoms with van der Waals surface area (Å²) in [5.41, 5.74) is 3.99. The summed E-state index contributed by atoms with van der Waals surface area (Å²) in [6.07, 6.45) is 1.68. The van der Waals surface area contributed by atoms with Crippen molar-refractivity contribution in [1.29, 1.82) is 0 Å². The molecule has 0 aliphatic rings. The third-order valence-corrected chi connectivity index (χ3v) is 5.23. The van der Waals surface area contributed by atoms with Crippen LogP contribution in [0.25, 0.3) is 6.08 Å². The fourth-order valence-corrected chi connectivity index (χ4v) is 3.44. The van der Waals surface area contributed by atoms with E-state index < -0.39 is 5.97 Å². The number of benzene rings is 4. The molecule has 4 nitrogen and oxygen atoms in total. The van der Waals surface area contributed by atoms with Crippen molar-refractivity contribution in [2.24, 2.45) is 0 Å². The predicted molar refractivity (Wildman–Crippen MR) is 134 cm³/mol. The van der Waals surface area contributed by atoms with E-state index in [2.05, 4.69) is 6.58 Å². The molecule has 0 aliphatic carbocycles. The lowest BCUT2D eigenvalue weighted by atomic mass is 10.1. The molecule has 170 valence electrons. The number of ether oxygens (including phenoxy) is 3. The second kappa shape index (κ2) is 11.5. The fraction of sp³-hybridized carbons (Fsp3) is 0.100. The first kappa shape index (κ1) is 22.9. The van der Waals surface area contributed by atoms with Crippen LogP contribution in [0.5, 0.6) is 11.5 Å². The van der Waals surface area contributed by atoms with Crippen molar-refractivity contribution >= 4 is 12.0 Å². The average Bonchev–Trinajstić information content (AvgIpc) is 2.90. The summed E-state index contributed by atoms with van der Waals surface area (Å²) in [4.78, 5) is 12.9. The maximum Gasteiger partial charge on any atom is 0.338 e. The first-order valence-corrected chi connectivity index (χ1v) is 11.1. The minimum absolute atomic E-state index is 0.184. The van der Waals surface area contributed by atoms with Gasteiger partial charge in [0.25, 0.3) is 0 Å². The molecule has 0 atom stereocenters. The molecule has 0 radical (unpaired) electrons. The second-order valence-electron chi connectivity index (χ2n) is 7.70. The Labute approximate surface area is 200 Å². The highest BCUT2D eigenvalue weighted by Gasteiger charge is 2.17. The van der Waals surface area contributed by atoms with Gasteiger partial charge in [-0.15, -0.1) is 0 Å². The summed E-state index contributed by atoms with van der Waals surface area (Å²) in [5.74, 6) is 0.570. The van der Waals surface area contributed by atoms with Gasteiger partial charge in [-0.05, 0) is 28.8 Å². The maximum atomic E-state index is 12.9. The Morgan fingerprint density at radius 1 is 0.647 bits per heavy atom. The molecule has 34 heavy (non-hydrogen) atoms. The minimum atomic E-state index is -0.450. The molecule has 0 N–H and O–H groups in total. The lowest BCUT2D eigenvalue weighted by Crippen LogP contribution is -2.08. The Morgan fingerprint density at radius 2 is 1.06 bits per heavy atom. The van der Waals surface area contributed by atoms with Crippen LogP contribution in [-0.2, 0) is 24.6 Å². The fourth-order valence-electron chi connectivity index (χ4n) is 3.44. The molecule has 0 unspecified atom stereocenters. The second-order valence-corrected chi connectivity index (χ2v) is 7.70. The highest BCUT2D eigenvalue weighted by atomic mass is 16.5. The zero-order valence-corrected chi connectivity index (χ0v) is 18.9. The SMILES string of the molecule is C=Cc1c(OCc2ccccc2)cc(C(=O)OCc2ccccc2)cc1OCc1ccccc1. The normalized spacial score (nSPS) is 10.4. The number of carbonyl (C=O) groups excluding carboxylic acids is 1. The van der Waals surface area contributed by atoms with Crippen LogP contribution < -0.4 is 9.47 Å². The van der Waals surface area contributed by atoms with Crippen LogP contribution in [0.15, 0.2) is 110 Å². The summed E-state index contributed by atoms with van der Waals surface area (Å²) in [5, 5.41) is 0. The summed E-state index contributed by atoms with van der Waals surface area (Å²) >= 11 is 0. The molecule has 4 aromatic carbocycles. The Kier molecular flexibility index (Phi) is 7.75. The highest BCUT2D eigenvalue weighted by Crippen LogP contribution is 2.33. The third kappa shape index (κ3) is 6.14. The van der Waals surface area contributed by atoms with Crippen molar-refractivity contribution in [3.05, 3.63) is 138 Å². The molecule has 4 rings (SSSR count). The van der Waals surface area contributed by atoms with Crippen LogP contribution in [-0.4, -0.2) is 5.97 Å². The van der Waals surface area contributed by atoms with Crippen LogP contribution in [0.1, 0.15) is 32.6 Å². The van der Waals surface area contributed by atoms with E-state index in [0.717, 1.165) is 16.7 Å². The van der Waals surface area contributed by atoms with E-state index in [0.29, 0.717) is 35.8 Å². The van der Waals surface area contributed by atoms with E-state index in [1.807, 2.05) is 91.0 Å². The minimum Gasteiger partial charge on any atom is -0.488 e. The smallest absolute Gasteiger partial charge is 0.338 e. The van der Waals surface area contributed by atoms with Crippen LogP contribution in [0, 0.1) is 0 Å². The van der Waals surface area contributed by atoms with Gasteiger partial charge in [-0.25, -0.2) is 4.79 Å². The van der Waals surface area contributed by atoms with Crippen molar-refractivity contribution in [3.8, 4) is 11.5 Å². The summed E-state index contributed by atoms with van der Waals surface area (Å²) in [6, 6.07) is 32.6. The van der Waals surface area contributed by atoms with Crippen molar-refractivity contribution in [3.63, 3.8) is 0 Å². The Morgan fingerprint density at radius 3 is 1.47 bits per heavy atom. The van der Waals surface area contributed by atoms with Gasteiger partial charge in [0.15, 0.2) is 0 Å². The zero-order valence-electron chi connectivity index (χ0n) is 18.9. The molecule has 0 spiro atoms. The molecular weight excluding hydrogens is 424 g/mol. The number of hydrogen-bond donors (Lipinski definition) is 0. The van der Waals surface area contributed by atoms with Gasteiger partial charge in [-0.3, -0.25) is 0 Å². The summed E-state index contributed by atoms with van der Waals surface area (Å²) < 4.78 is 17.8. The number of hydrogen-bond acceptors (Lipinski definition) is 4. The molecule has 0 fully saturated rings. The van der Waals surface area contributed by atoms with Crippen molar-refractivity contribution in [2.45, 2.75) is 19.8 Å². The van der Waals surface area contributed by atoms with Gasteiger partial charge in [0.1, 0.15) is 31.3 Å². The van der Waals surface area contributed by atoms with Crippen LogP contribution in [0.4, 0.5) is 0 Å². The van der Waals surface area contributed by atoms with Crippen LogP contribution >= 0.6 is 0 Å². The molecule has 4 heteroatoms. The Balaban J connectivity index is 1.59. The molecule has 0 aliphatic heterocycles. The predicted octanol–water partition coefficient (Wildman–Crippen LogP) is 6.84. The van der Waals surface area contributed by atoms with Gasteiger partial charge < -0.3 is 14.2 Å². The lowest BCUT2D eigenvalue weighted by molar-refractivity contribution is 0.0471. The molecule has 4 aromatic rings. The standard InChI is InChI=1S/C30H26O4/c1-2-27-28(32-20-23-12-6-3-7-13-23)18-26(30(31)34-22-25-16-10-5-11-17-25)19-29(27)33-21-24-14-8-4-9-15-24/h2-19H,1,20-22H2. The largest absolute Gasteiger partial charge is 0.488 e. The number of rotatable bonds is 10. The van der Waals surface area contributed by atoms with Crippen molar-refractivity contribution < 1.29 is 19.0 Å². The lowest BCUT2D eigenvalue weighted by Gasteiger charge is -2.16. The highest BCUT2D eigenvalue weighted by molar-refractivity contribution is 5.91. The van der Waals surface area contributed by atoms with E-state index in [9.17, 15) is 4.79 Å². The van der Waals surface area contributed by atoms with E-state index in [-0.39, 0.29) is 6.61 Å². The molecular formula is C30H26O4. The first-order chi connectivity index (χ1) is 16.7. The molecule has 0 saturated carbocycles. The van der Waals surface area contributed by atoms with Crippen molar-refractivity contribution in [1.82, 2.24) is 0 Å². The summed E-state index contributed by atoms with van der Waals surface area (Å²) in [7, 11) is 0. The maximum absolute atomic E-state index is 12.9. The Hall–Kier alpha value is -4.31. The van der Waals surface area contributed by atoms with Gasteiger partial charge >= 0.3 is 5.97 Å². The third-order valence-electron chi connectivity index (χ3n) is 5.23. The van der Waals surface area contributed by atoms with Gasteiger partial charge in [-0.2, -0.15) is 0 Å². The van der Waals surface area contributed by atoms with Gasteiger partial charge in [0.2, 0.25) is 0 Å². The molecule has 0 bridgehead atoms. The van der Waals surface area contributed by atoms with Gasteiger partial charge in [0.05, 0.1) is 11.1 Å².